The van der Waals surface area contributed by atoms with Crippen LogP contribution in [-0.2, 0) is 9.53 Å². The van der Waals surface area contributed by atoms with Gasteiger partial charge in [-0.25, -0.2) is 4.79 Å². The molecule has 0 radical (unpaired) electrons. The van der Waals surface area contributed by atoms with Crippen LogP contribution in [0.2, 0.25) is 0 Å². The summed E-state index contributed by atoms with van der Waals surface area (Å²) in [6.45, 7) is 7.41. The number of amides is 2. The first-order chi connectivity index (χ1) is 9.49. The number of ether oxygens (including phenoxy) is 1. The molecule has 1 aliphatic heterocycles. The van der Waals surface area contributed by atoms with Crippen molar-refractivity contribution in [2.75, 3.05) is 19.7 Å². The largest absolute Gasteiger partial charge is 0.450 e. The molecular weight excluding hydrogens is 258 g/mol. The van der Waals surface area contributed by atoms with Crippen LogP contribution in [0.3, 0.4) is 0 Å². The summed E-state index contributed by atoms with van der Waals surface area (Å²) in [5.74, 6) is 0.0866. The lowest BCUT2D eigenvalue weighted by atomic mass is 9.98. The average Bonchev–Trinajstić information content (AvgIpc) is 2.46. The zero-order valence-corrected chi connectivity index (χ0v) is 12.7. The average molecular weight is 285 g/mol. The minimum Gasteiger partial charge on any atom is -0.450 e. The highest BCUT2D eigenvalue weighted by Gasteiger charge is 2.27. The van der Waals surface area contributed by atoms with Gasteiger partial charge in [0.15, 0.2) is 0 Å². The van der Waals surface area contributed by atoms with Crippen LogP contribution in [0.4, 0.5) is 4.79 Å². The van der Waals surface area contributed by atoms with Gasteiger partial charge in [-0.3, -0.25) is 4.79 Å². The van der Waals surface area contributed by atoms with Crippen LogP contribution < -0.4 is 11.1 Å². The van der Waals surface area contributed by atoms with Crippen LogP contribution in [0, 0.1) is 5.92 Å². The molecule has 0 spiro atoms. The van der Waals surface area contributed by atoms with E-state index < -0.39 is 6.04 Å². The molecule has 3 N–H and O–H groups in total. The first kappa shape index (κ1) is 16.8. The standard InChI is InChI=1S/C14H27N3O3/c1-4-10(3)12(15)13(18)16-11-6-8-17(9-7-11)14(19)20-5-2/h10-12H,4-9,15H2,1-3H3,(H,16,18)/t10?,12-/m0/s1. The van der Waals surface area contributed by atoms with Gasteiger partial charge in [0.1, 0.15) is 0 Å². The fourth-order valence-corrected chi connectivity index (χ4v) is 2.23. The molecular formula is C14H27N3O3. The predicted octanol–water partition coefficient (Wildman–Crippen LogP) is 1.10. The fourth-order valence-electron chi connectivity index (χ4n) is 2.23. The Kier molecular flexibility index (Phi) is 6.78. The Morgan fingerprint density at radius 2 is 1.95 bits per heavy atom. The van der Waals surface area contributed by atoms with Gasteiger partial charge in [0.25, 0.3) is 0 Å². The molecule has 0 saturated carbocycles. The summed E-state index contributed by atoms with van der Waals surface area (Å²) >= 11 is 0. The van der Waals surface area contributed by atoms with Crippen molar-refractivity contribution in [3.05, 3.63) is 0 Å². The smallest absolute Gasteiger partial charge is 0.409 e. The second-order valence-electron chi connectivity index (χ2n) is 5.38. The van der Waals surface area contributed by atoms with E-state index in [1.807, 2.05) is 13.8 Å². The van der Waals surface area contributed by atoms with Gasteiger partial charge in [-0.1, -0.05) is 20.3 Å². The van der Waals surface area contributed by atoms with Gasteiger partial charge in [-0.2, -0.15) is 0 Å². The van der Waals surface area contributed by atoms with Crippen molar-refractivity contribution in [1.82, 2.24) is 10.2 Å². The topological polar surface area (TPSA) is 84.7 Å². The first-order valence-corrected chi connectivity index (χ1v) is 7.47. The summed E-state index contributed by atoms with van der Waals surface area (Å²) in [6.07, 6.45) is 2.11. The van der Waals surface area contributed by atoms with Gasteiger partial charge >= 0.3 is 6.09 Å². The minimum atomic E-state index is -0.455. The number of hydrogen-bond donors (Lipinski definition) is 2. The Morgan fingerprint density at radius 1 is 1.35 bits per heavy atom. The summed E-state index contributed by atoms with van der Waals surface area (Å²) in [4.78, 5) is 25.2. The van der Waals surface area contributed by atoms with Gasteiger partial charge in [-0.05, 0) is 25.7 Å². The normalized spacial score (nSPS) is 19.3. The van der Waals surface area contributed by atoms with Crippen molar-refractivity contribution in [3.63, 3.8) is 0 Å². The van der Waals surface area contributed by atoms with Gasteiger partial charge in [0.05, 0.1) is 12.6 Å². The Labute approximate surface area is 121 Å². The van der Waals surface area contributed by atoms with Gasteiger partial charge < -0.3 is 20.7 Å². The molecule has 0 aromatic heterocycles. The first-order valence-electron chi connectivity index (χ1n) is 7.47. The molecule has 6 heteroatoms. The lowest BCUT2D eigenvalue weighted by molar-refractivity contribution is -0.124. The van der Waals surface area contributed by atoms with E-state index in [1.54, 1.807) is 11.8 Å². The molecule has 0 aromatic rings. The molecule has 116 valence electrons. The number of nitrogens with two attached hydrogens (primary N) is 1. The van der Waals surface area contributed by atoms with Crippen LogP contribution in [0.5, 0.6) is 0 Å². The number of carbonyl (C=O) groups is 2. The van der Waals surface area contributed by atoms with Gasteiger partial charge in [-0.15, -0.1) is 0 Å². The highest BCUT2D eigenvalue weighted by molar-refractivity contribution is 5.82. The Hall–Kier alpha value is -1.30. The number of nitrogens with zero attached hydrogens (tertiary/aromatic N) is 1. The number of hydrogen-bond acceptors (Lipinski definition) is 4. The van der Waals surface area contributed by atoms with Crippen molar-refractivity contribution in [2.24, 2.45) is 11.7 Å². The second kappa shape index (κ2) is 8.09. The van der Waals surface area contributed by atoms with E-state index in [2.05, 4.69) is 5.32 Å². The number of rotatable bonds is 5. The maximum absolute atomic E-state index is 12.0. The second-order valence-corrected chi connectivity index (χ2v) is 5.38. The molecule has 1 aliphatic rings. The van der Waals surface area contributed by atoms with Crippen LogP contribution in [0.15, 0.2) is 0 Å². The quantitative estimate of drug-likeness (QED) is 0.792. The maximum Gasteiger partial charge on any atom is 0.409 e. The van der Waals surface area contributed by atoms with Gasteiger partial charge in [0.2, 0.25) is 5.91 Å². The van der Waals surface area contributed by atoms with E-state index >= 15 is 0 Å². The van der Waals surface area contributed by atoms with E-state index in [1.165, 1.54) is 0 Å². The molecule has 2 atom stereocenters. The molecule has 1 unspecified atom stereocenters. The molecule has 1 rings (SSSR count). The summed E-state index contributed by atoms with van der Waals surface area (Å²) in [5, 5.41) is 2.98. The lowest BCUT2D eigenvalue weighted by Crippen LogP contribution is -2.52. The SMILES string of the molecule is CCOC(=O)N1CCC(NC(=O)[C@@H](N)C(C)CC)CC1. The molecule has 2 amide bonds. The molecule has 20 heavy (non-hydrogen) atoms. The van der Waals surface area contributed by atoms with Crippen molar-refractivity contribution in [3.8, 4) is 0 Å². The van der Waals surface area contributed by atoms with Crippen molar-refractivity contribution >= 4 is 12.0 Å². The van der Waals surface area contributed by atoms with E-state index in [9.17, 15) is 9.59 Å². The molecule has 0 aromatic carbocycles. The molecule has 1 fully saturated rings. The van der Waals surface area contributed by atoms with E-state index in [0.717, 1.165) is 19.3 Å². The minimum absolute atomic E-state index is 0.0889. The predicted molar refractivity (Wildman–Crippen MR) is 77.2 cm³/mol. The number of carbonyl (C=O) groups excluding carboxylic acids is 2. The molecule has 0 aliphatic carbocycles. The molecule has 1 saturated heterocycles. The highest BCUT2D eigenvalue weighted by Crippen LogP contribution is 2.13. The Bertz CT molecular complexity index is 328. The van der Waals surface area contributed by atoms with Crippen molar-refractivity contribution < 1.29 is 14.3 Å². The van der Waals surface area contributed by atoms with Crippen molar-refractivity contribution in [1.29, 1.82) is 0 Å². The Morgan fingerprint density at radius 3 is 2.45 bits per heavy atom. The number of piperidine rings is 1. The number of likely N-dealkylation sites (tertiary alicyclic amines) is 1. The fraction of sp³-hybridized carbons (Fsp3) is 0.857. The molecule has 6 nitrogen and oxygen atoms in total. The summed E-state index contributed by atoms with van der Waals surface area (Å²) in [5.41, 5.74) is 5.91. The van der Waals surface area contributed by atoms with Crippen molar-refractivity contribution in [2.45, 2.75) is 52.1 Å². The van der Waals surface area contributed by atoms with Crippen LogP contribution in [0.25, 0.3) is 0 Å². The summed E-state index contributed by atoms with van der Waals surface area (Å²) in [7, 11) is 0. The zero-order chi connectivity index (χ0) is 15.1. The zero-order valence-electron chi connectivity index (χ0n) is 12.7. The van der Waals surface area contributed by atoms with E-state index in [0.29, 0.717) is 19.7 Å². The molecule has 0 bridgehead atoms. The van der Waals surface area contributed by atoms with E-state index in [4.69, 9.17) is 10.5 Å². The van der Waals surface area contributed by atoms with Gasteiger partial charge in [0, 0.05) is 19.1 Å². The highest BCUT2D eigenvalue weighted by atomic mass is 16.6. The summed E-state index contributed by atoms with van der Waals surface area (Å²) in [6, 6.07) is -0.355. The lowest BCUT2D eigenvalue weighted by Gasteiger charge is -2.32. The third kappa shape index (κ3) is 4.67. The van der Waals surface area contributed by atoms with Crippen LogP contribution in [-0.4, -0.2) is 48.7 Å². The maximum atomic E-state index is 12.0. The third-order valence-electron chi connectivity index (χ3n) is 3.93. The third-order valence-corrected chi connectivity index (χ3v) is 3.93. The number of nitrogens with one attached hydrogen (secondary N) is 1. The molecule has 1 heterocycles. The van der Waals surface area contributed by atoms with E-state index in [-0.39, 0.29) is 24.0 Å². The monoisotopic (exact) mass is 285 g/mol. The summed E-state index contributed by atoms with van der Waals surface area (Å²) < 4.78 is 4.96. The van der Waals surface area contributed by atoms with Crippen LogP contribution in [0.1, 0.15) is 40.0 Å². The Balaban J connectivity index is 2.35. The van der Waals surface area contributed by atoms with Crippen LogP contribution >= 0.6 is 0 Å².